The predicted molar refractivity (Wildman–Crippen MR) is 71.8 cm³/mol. The summed E-state index contributed by atoms with van der Waals surface area (Å²) in [4.78, 5) is 2.39. The van der Waals surface area contributed by atoms with Gasteiger partial charge < -0.3 is 19.9 Å². The van der Waals surface area contributed by atoms with Gasteiger partial charge >= 0.3 is 0 Å². The molecule has 0 aromatic carbocycles. The third kappa shape index (κ3) is 6.11. The molecular weight excluding hydrogens is 232 g/mol. The van der Waals surface area contributed by atoms with E-state index >= 15 is 0 Å². The lowest BCUT2D eigenvalue weighted by molar-refractivity contribution is 0.0203. The van der Waals surface area contributed by atoms with E-state index in [0.717, 1.165) is 52.1 Å². The van der Waals surface area contributed by atoms with E-state index < -0.39 is 0 Å². The normalized spacial score (nSPS) is 24.0. The van der Waals surface area contributed by atoms with Gasteiger partial charge in [-0.05, 0) is 19.3 Å². The summed E-state index contributed by atoms with van der Waals surface area (Å²) < 4.78 is 16.1. The maximum Gasteiger partial charge on any atom is 0.0707 e. The van der Waals surface area contributed by atoms with Gasteiger partial charge in [0, 0.05) is 47.0 Å². The first kappa shape index (κ1) is 15.9. The standard InChI is InChI=1S/C13H28N2O3/c1-16-8-3-6-15(7-9-17-2)11-13-5-4-12(10-14)18-13/h12-13H,3-11,14H2,1-2H3. The van der Waals surface area contributed by atoms with Crippen molar-refractivity contribution in [2.75, 3.05) is 53.6 Å². The average Bonchev–Trinajstić information content (AvgIpc) is 2.83. The zero-order chi connectivity index (χ0) is 13.2. The number of ether oxygens (including phenoxy) is 3. The van der Waals surface area contributed by atoms with Crippen LogP contribution in [-0.2, 0) is 14.2 Å². The van der Waals surface area contributed by atoms with Gasteiger partial charge in [0.1, 0.15) is 0 Å². The molecule has 0 radical (unpaired) electrons. The third-order valence-corrected chi connectivity index (χ3v) is 3.35. The highest BCUT2D eigenvalue weighted by Gasteiger charge is 2.25. The van der Waals surface area contributed by atoms with Crippen molar-refractivity contribution in [3.05, 3.63) is 0 Å². The van der Waals surface area contributed by atoms with Crippen molar-refractivity contribution in [3.63, 3.8) is 0 Å². The number of hydrogen-bond donors (Lipinski definition) is 1. The van der Waals surface area contributed by atoms with Crippen LogP contribution in [0.5, 0.6) is 0 Å². The van der Waals surface area contributed by atoms with Crippen molar-refractivity contribution >= 4 is 0 Å². The molecule has 1 rings (SSSR count). The van der Waals surface area contributed by atoms with Gasteiger partial charge in [-0.15, -0.1) is 0 Å². The van der Waals surface area contributed by atoms with Gasteiger partial charge in [0.05, 0.1) is 18.8 Å². The Morgan fingerprint density at radius 2 is 1.83 bits per heavy atom. The van der Waals surface area contributed by atoms with Gasteiger partial charge in [-0.3, -0.25) is 4.90 Å². The van der Waals surface area contributed by atoms with E-state index in [4.69, 9.17) is 19.9 Å². The Labute approximate surface area is 111 Å². The largest absolute Gasteiger partial charge is 0.385 e. The minimum absolute atomic E-state index is 0.262. The van der Waals surface area contributed by atoms with Gasteiger partial charge in [-0.25, -0.2) is 0 Å². The van der Waals surface area contributed by atoms with Gasteiger partial charge in [0.25, 0.3) is 0 Å². The molecule has 5 heteroatoms. The second kappa shape index (κ2) is 9.69. The first-order valence-corrected chi connectivity index (χ1v) is 6.86. The Morgan fingerprint density at radius 1 is 1.11 bits per heavy atom. The molecule has 1 saturated heterocycles. The summed E-state index contributed by atoms with van der Waals surface area (Å²) in [5.74, 6) is 0. The molecule has 1 heterocycles. The molecule has 2 unspecified atom stereocenters. The smallest absolute Gasteiger partial charge is 0.0707 e. The van der Waals surface area contributed by atoms with Crippen LogP contribution in [0.2, 0.25) is 0 Å². The highest BCUT2D eigenvalue weighted by atomic mass is 16.5. The van der Waals surface area contributed by atoms with Gasteiger partial charge in [0.2, 0.25) is 0 Å². The van der Waals surface area contributed by atoms with E-state index in [2.05, 4.69) is 4.90 Å². The Bertz CT molecular complexity index is 205. The van der Waals surface area contributed by atoms with Crippen molar-refractivity contribution in [1.29, 1.82) is 0 Å². The lowest BCUT2D eigenvalue weighted by Crippen LogP contribution is -2.36. The van der Waals surface area contributed by atoms with Crippen molar-refractivity contribution in [3.8, 4) is 0 Å². The summed E-state index contributed by atoms with van der Waals surface area (Å²) in [7, 11) is 3.48. The van der Waals surface area contributed by atoms with Gasteiger partial charge in [-0.1, -0.05) is 0 Å². The number of methoxy groups -OCH3 is 2. The van der Waals surface area contributed by atoms with Crippen molar-refractivity contribution in [2.24, 2.45) is 5.73 Å². The zero-order valence-electron chi connectivity index (χ0n) is 11.8. The topological polar surface area (TPSA) is 57.0 Å². The molecule has 0 amide bonds. The van der Waals surface area contributed by atoms with E-state index in [9.17, 15) is 0 Å². The molecule has 0 aromatic rings. The van der Waals surface area contributed by atoms with Crippen LogP contribution in [0, 0.1) is 0 Å². The summed E-state index contributed by atoms with van der Waals surface area (Å²) in [6.45, 7) is 5.17. The molecule has 108 valence electrons. The van der Waals surface area contributed by atoms with E-state index in [1.807, 2.05) is 0 Å². The fourth-order valence-corrected chi connectivity index (χ4v) is 2.32. The molecule has 0 spiro atoms. The lowest BCUT2D eigenvalue weighted by atomic mass is 10.2. The van der Waals surface area contributed by atoms with E-state index in [0.29, 0.717) is 12.6 Å². The van der Waals surface area contributed by atoms with Crippen LogP contribution >= 0.6 is 0 Å². The number of nitrogens with two attached hydrogens (primary N) is 1. The Kier molecular flexibility index (Phi) is 8.54. The maximum atomic E-state index is 5.89. The monoisotopic (exact) mass is 260 g/mol. The molecule has 0 bridgehead atoms. The highest BCUT2D eigenvalue weighted by molar-refractivity contribution is 4.77. The minimum Gasteiger partial charge on any atom is -0.385 e. The second-order valence-corrected chi connectivity index (χ2v) is 4.83. The van der Waals surface area contributed by atoms with Crippen LogP contribution in [0.25, 0.3) is 0 Å². The predicted octanol–water partition coefficient (Wildman–Crippen LogP) is 0.478. The van der Waals surface area contributed by atoms with Gasteiger partial charge in [-0.2, -0.15) is 0 Å². The molecule has 0 aromatic heterocycles. The van der Waals surface area contributed by atoms with E-state index in [1.165, 1.54) is 0 Å². The van der Waals surface area contributed by atoms with E-state index in [-0.39, 0.29) is 6.10 Å². The van der Waals surface area contributed by atoms with Crippen LogP contribution in [-0.4, -0.2) is 70.7 Å². The fraction of sp³-hybridized carbons (Fsp3) is 1.00. The molecule has 2 atom stereocenters. The molecular formula is C13H28N2O3. The van der Waals surface area contributed by atoms with Crippen LogP contribution in [0.4, 0.5) is 0 Å². The van der Waals surface area contributed by atoms with Crippen LogP contribution in [0.1, 0.15) is 19.3 Å². The van der Waals surface area contributed by atoms with E-state index in [1.54, 1.807) is 14.2 Å². The molecule has 1 fully saturated rings. The van der Waals surface area contributed by atoms with Crippen molar-refractivity contribution in [2.45, 2.75) is 31.5 Å². The molecule has 5 nitrogen and oxygen atoms in total. The molecule has 18 heavy (non-hydrogen) atoms. The molecule has 0 saturated carbocycles. The first-order valence-electron chi connectivity index (χ1n) is 6.86. The number of rotatable bonds is 10. The minimum atomic E-state index is 0.262. The molecule has 1 aliphatic rings. The third-order valence-electron chi connectivity index (χ3n) is 3.35. The van der Waals surface area contributed by atoms with Crippen LogP contribution in [0.15, 0.2) is 0 Å². The quantitative estimate of drug-likeness (QED) is 0.579. The summed E-state index contributed by atoms with van der Waals surface area (Å²) in [5.41, 5.74) is 5.63. The summed E-state index contributed by atoms with van der Waals surface area (Å²) in [6, 6.07) is 0. The van der Waals surface area contributed by atoms with Crippen LogP contribution in [0.3, 0.4) is 0 Å². The second-order valence-electron chi connectivity index (χ2n) is 4.83. The SMILES string of the molecule is COCCCN(CCOC)CC1CCC(CN)O1. The van der Waals surface area contributed by atoms with Crippen LogP contribution < -0.4 is 5.73 Å². The Balaban J connectivity index is 2.25. The molecule has 1 aliphatic heterocycles. The Morgan fingerprint density at radius 3 is 2.44 bits per heavy atom. The number of hydrogen-bond acceptors (Lipinski definition) is 5. The summed E-state index contributed by atoms with van der Waals surface area (Å²) in [5, 5.41) is 0. The maximum absolute atomic E-state index is 5.89. The number of nitrogens with zero attached hydrogens (tertiary/aromatic N) is 1. The summed E-state index contributed by atoms with van der Waals surface area (Å²) in [6.07, 6.45) is 3.86. The fourth-order valence-electron chi connectivity index (χ4n) is 2.32. The lowest BCUT2D eigenvalue weighted by Gasteiger charge is -2.25. The summed E-state index contributed by atoms with van der Waals surface area (Å²) >= 11 is 0. The van der Waals surface area contributed by atoms with Crippen molar-refractivity contribution in [1.82, 2.24) is 4.90 Å². The van der Waals surface area contributed by atoms with Gasteiger partial charge in [0.15, 0.2) is 0 Å². The highest BCUT2D eigenvalue weighted by Crippen LogP contribution is 2.19. The average molecular weight is 260 g/mol. The molecule has 2 N–H and O–H groups in total. The molecule has 0 aliphatic carbocycles. The first-order chi connectivity index (χ1) is 8.80. The zero-order valence-corrected chi connectivity index (χ0v) is 11.8. The Hall–Kier alpha value is -0.200. The van der Waals surface area contributed by atoms with Crippen molar-refractivity contribution < 1.29 is 14.2 Å².